The summed E-state index contributed by atoms with van der Waals surface area (Å²) < 4.78 is 40.7. The van der Waals surface area contributed by atoms with Crippen LogP contribution in [0.1, 0.15) is 43.7 Å². The number of ether oxygens (including phenoxy) is 2. The van der Waals surface area contributed by atoms with Gasteiger partial charge in [-0.3, -0.25) is 9.35 Å². The number of carbonyl (C=O) groups is 1. The van der Waals surface area contributed by atoms with Crippen molar-refractivity contribution in [3.8, 4) is 11.5 Å². The Hall–Kier alpha value is -2.88. The topological polar surface area (TPSA) is 105 Å². The second kappa shape index (κ2) is 14.8. The monoisotopic (exact) mass is 532 g/mol. The Morgan fingerprint density at radius 3 is 2.30 bits per heavy atom. The Morgan fingerprint density at radius 2 is 1.73 bits per heavy atom. The first-order valence-electron chi connectivity index (χ1n) is 12.5. The number of hydrogen-bond acceptors (Lipinski definition) is 6. The van der Waals surface area contributed by atoms with Gasteiger partial charge in [-0.15, -0.1) is 0 Å². The molecule has 0 saturated heterocycles. The molecule has 2 aromatic rings. The second-order valence-corrected chi connectivity index (χ2v) is 11.1. The number of likely N-dealkylation sites (N-methyl/N-ethyl adjacent to an activating group) is 1. The highest BCUT2D eigenvalue weighted by Crippen LogP contribution is 2.28. The molecule has 9 heteroatoms. The largest absolute Gasteiger partial charge is 0.493 e. The Balaban J connectivity index is 0.000000364. The zero-order valence-corrected chi connectivity index (χ0v) is 23.3. The molecule has 37 heavy (non-hydrogen) atoms. The van der Waals surface area contributed by atoms with E-state index < -0.39 is 10.1 Å². The van der Waals surface area contributed by atoms with Crippen molar-refractivity contribution in [3.63, 3.8) is 0 Å². The van der Waals surface area contributed by atoms with Gasteiger partial charge >= 0.3 is 0 Å². The molecule has 1 amide bonds. The van der Waals surface area contributed by atoms with Crippen LogP contribution in [0.15, 0.2) is 53.4 Å². The normalized spacial score (nSPS) is 17.7. The second-order valence-electron chi connectivity index (χ2n) is 9.65. The summed E-state index contributed by atoms with van der Waals surface area (Å²) in [5, 5.41) is 3.10. The number of benzene rings is 2. The van der Waals surface area contributed by atoms with E-state index in [0.717, 1.165) is 36.4 Å². The van der Waals surface area contributed by atoms with Crippen LogP contribution < -0.4 is 14.8 Å². The molecular formula is C28H40N2O6S. The summed E-state index contributed by atoms with van der Waals surface area (Å²) in [6.45, 7) is 5.55. The molecule has 8 nitrogen and oxygen atoms in total. The molecule has 0 bridgehead atoms. The van der Waals surface area contributed by atoms with E-state index in [1.165, 1.54) is 25.0 Å². The average Bonchev–Trinajstić information content (AvgIpc) is 2.84. The quantitative estimate of drug-likeness (QED) is 0.360. The lowest BCUT2D eigenvalue weighted by atomic mass is 9.87. The maximum atomic E-state index is 12.1. The van der Waals surface area contributed by atoms with E-state index in [1.807, 2.05) is 45.3 Å². The van der Waals surface area contributed by atoms with Crippen LogP contribution in [0.3, 0.4) is 0 Å². The standard InChI is InChI=1S/C21H32N2O3.C7H8O3S/c1-16-5-9-18(10-6-16)22-21(24)12-8-17-7-11-19(20(15-17)25-4)26-14-13-23(2)3;1-6-2-4-7(5-3-6)11(8,9)10/h7-8,11-12,15-16,18H,5-6,9-10,13-14H2,1-4H3,(H,22,24);2-5H,1H3,(H,8,9,10)/t16-,18-;. The number of amides is 1. The summed E-state index contributed by atoms with van der Waals surface area (Å²) >= 11 is 0. The molecule has 2 N–H and O–H groups in total. The number of methoxy groups -OCH3 is 1. The molecule has 204 valence electrons. The van der Waals surface area contributed by atoms with Gasteiger partial charge in [0.2, 0.25) is 5.91 Å². The molecule has 1 aliphatic rings. The summed E-state index contributed by atoms with van der Waals surface area (Å²) in [5.41, 5.74) is 1.87. The van der Waals surface area contributed by atoms with Crippen LogP contribution >= 0.6 is 0 Å². The van der Waals surface area contributed by atoms with Gasteiger partial charge in [0.15, 0.2) is 11.5 Å². The van der Waals surface area contributed by atoms with E-state index in [0.29, 0.717) is 24.1 Å². The molecular weight excluding hydrogens is 492 g/mol. The van der Waals surface area contributed by atoms with Crippen LogP contribution in [-0.2, 0) is 14.9 Å². The first kappa shape index (κ1) is 30.3. The van der Waals surface area contributed by atoms with Crippen LogP contribution in [0.25, 0.3) is 6.08 Å². The van der Waals surface area contributed by atoms with Gasteiger partial charge in [0.05, 0.1) is 12.0 Å². The van der Waals surface area contributed by atoms with Crippen LogP contribution in [0.2, 0.25) is 0 Å². The predicted octanol–water partition coefficient (Wildman–Crippen LogP) is 4.59. The SMILES string of the molecule is COc1cc(C=CC(=O)N[C@H]2CC[C@H](C)CC2)ccc1OCCN(C)C.Cc1ccc(S(=O)(=O)O)cc1. The fourth-order valence-corrected chi connectivity index (χ4v) is 4.26. The molecule has 1 aliphatic carbocycles. The first-order valence-corrected chi connectivity index (χ1v) is 13.9. The summed E-state index contributed by atoms with van der Waals surface area (Å²) in [4.78, 5) is 14.1. The van der Waals surface area contributed by atoms with Crippen molar-refractivity contribution in [2.75, 3.05) is 34.4 Å². The number of rotatable bonds is 9. The number of nitrogens with zero attached hydrogens (tertiary/aromatic N) is 1. The maximum Gasteiger partial charge on any atom is 0.294 e. The zero-order chi connectivity index (χ0) is 27.4. The zero-order valence-electron chi connectivity index (χ0n) is 22.4. The van der Waals surface area contributed by atoms with Crippen LogP contribution in [0.5, 0.6) is 11.5 Å². The van der Waals surface area contributed by atoms with Crippen molar-refractivity contribution in [2.24, 2.45) is 5.92 Å². The van der Waals surface area contributed by atoms with E-state index in [9.17, 15) is 13.2 Å². The molecule has 0 atom stereocenters. The van der Waals surface area contributed by atoms with Crippen LogP contribution in [0.4, 0.5) is 0 Å². The van der Waals surface area contributed by atoms with Crippen LogP contribution in [0, 0.1) is 12.8 Å². The fraction of sp³-hybridized carbons (Fsp3) is 0.464. The minimum absolute atomic E-state index is 0.0326. The smallest absolute Gasteiger partial charge is 0.294 e. The van der Waals surface area contributed by atoms with Crippen molar-refractivity contribution in [1.82, 2.24) is 10.2 Å². The van der Waals surface area contributed by atoms with Crippen molar-refractivity contribution in [2.45, 2.75) is 50.5 Å². The third-order valence-electron chi connectivity index (χ3n) is 6.09. The summed E-state index contributed by atoms with van der Waals surface area (Å²) in [5.74, 6) is 2.14. The lowest BCUT2D eigenvalue weighted by molar-refractivity contribution is -0.117. The lowest BCUT2D eigenvalue weighted by Gasteiger charge is -2.26. The lowest BCUT2D eigenvalue weighted by Crippen LogP contribution is -2.36. The molecule has 3 rings (SSSR count). The van der Waals surface area contributed by atoms with Gasteiger partial charge in [-0.05, 0) is 88.5 Å². The molecule has 0 spiro atoms. The number of carbonyl (C=O) groups excluding carboxylic acids is 1. The van der Waals surface area contributed by atoms with E-state index in [1.54, 1.807) is 25.3 Å². The van der Waals surface area contributed by atoms with E-state index in [-0.39, 0.29) is 10.8 Å². The Labute approximate surface area is 221 Å². The molecule has 0 aliphatic heterocycles. The predicted molar refractivity (Wildman–Crippen MR) is 147 cm³/mol. The van der Waals surface area contributed by atoms with Gasteiger partial charge in [0, 0.05) is 18.7 Å². The van der Waals surface area contributed by atoms with Crippen molar-refractivity contribution >= 4 is 22.1 Å². The van der Waals surface area contributed by atoms with Gasteiger partial charge in [-0.1, -0.05) is 30.7 Å². The van der Waals surface area contributed by atoms with E-state index in [2.05, 4.69) is 17.1 Å². The third kappa shape index (κ3) is 11.4. The number of nitrogens with one attached hydrogen (secondary N) is 1. The molecule has 1 fully saturated rings. The highest BCUT2D eigenvalue weighted by atomic mass is 32.2. The molecule has 0 unspecified atom stereocenters. The van der Waals surface area contributed by atoms with E-state index in [4.69, 9.17) is 14.0 Å². The van der Waals surface area contributed by atoms with Gasteiger partial charge < -0.3 is 19.7 Å². The number of aryl methyl sites for hydroxylation is 1. The van der Waals surface area contributed by atoms with Gasteiger partial charge in [0.25, 0.3) is 10.1 Å². The van der Waals surface area contributed by atoms with Crippen molar-refractivity contribution in [3.05, 3.63) is 59.7 Å². The van der Waals surface area contributed by atoms with Gasteiger partial charge in [0.1, 0.15) is 6.61 Å². The Kier molecular flexibility index (Phi) is 12.1. The minimum atomic E-state index is -4.02. The summed E-state index contributed by atoms with van der Waals surface area (Å²) in [7, 11) is 1.62. The Morgan fingerprint density at radius 1 is 1.08 bits per heavy atom. The molecule has 0 radical (unpaired) electrons. The average molecular weight is 533 g/mol. The van der Waals surface area contributed by atoms with Gasteiger partial charge in [-0.25, -0.2) is 0 Å². The first-order chi connectivity index (χ1) is 17.5. The van der Waals surface area contributed by atoms with E-state index >= 15 is 0 Å². The van der Waals surface area contributed by atoms with Crippen LogP contribution in [-0.4, -0.2) is 64.2 Å². The Bertz CT molecular complexity index is 1120. The fourth-order valence-electron chi connectivity index (χ4n) is 3.78. The van der Waals surface area contributed by atoms with Gasteiger partial charge in [-0.2, -0.15) is 8.42 Å². The third-order valence-corrected chi connectivity index (χ3v) is 6.96. The molecule has 0 heterocycles. The summed E-state index contributed by atoms with van der Waals surface area (Å²) in [6, 6.07) is 12.0. The molecule has 1 saturated carbocycles. The van der Waals surface area contributed by atoms with Crippen molar-refractivity contribution < 1.29 is 27.2 Å². The number of hydrogen-bond donors (Lipinski definition) is 2. The highest BCUT2D eigenvalue weighted by molar-refractivity contribution is 7.85. The highest BCUT2D eigenvalue weighted by Gasteiger charge is 2.18. The van der Waals surface area contributed by atoms with Crippen molar-refractivity contribution in [1.29, 1.82) is 0 Å². The molecule has 0 aromatic heterocycles. The maximum absolute atomic E-state index is 12.1. The molecule has 2 aromatic carbocycles. The minimum Gasteiger partial charge on any atom is -0.493 e. The summed E-state index contributed by atoms with van der Waals surface area (Å²) in [6.07, 6.45) is 7.95.